The predicted molar refractivity (Wildman–Crippen MR) is 54.6 cm³/mol. The van der Waals surface area contributed by atoms with Gasteiger partial charge >= 0.3 is 5.97 Å². The maximum Gasteiger partial charge on any atom is 0.374 e. The summed E-state index contributed by atoms with van der Waals surface area (Å²) in [5.74, 6) is -0.808. The van der Waals surface area contributed by atoms with Crippen molar-refractivity contribution in [2.24, 2.45) is 0 Å². The largest absolute Gasteiger partial charge is 0.460 e. The lowest BCUT2D eigenvalue weighted by molar-refractivity contribution is 0.0463. The van der Waals surface area contributed by atoms with E-state index < -0.39 is 16.1 Å². The first-order valence-electron chi connectivity index (χ1n) is 4.65. The minimum Gasteiger partial charge on any atom is -0.460 e. The van der Waals surface area contributed by atoms with Crippen molar-refractivity contribution in [3.05, 3.63) is 24.2 Å². The Kier molecular flexibility index (Phi) is 4.51. The van der Waals surface area contributed by atoms with E-state index in [1.807, 2.05) is 0 Å². The van der Waals surface area contributed by atoms with Crippen molar-refractivity contribution in [2.75, 3.05) is 12.4 Å². The van der Waals surface area contributed by atoms with E-state index in [-0.39, 0.29) is 24.5 Å². The highest BCUT2D eigenvalue weighted by Gasteiger charge is 2.09. The summed E-state index contributed by atoms with van der Waals surface area (Å²) < 4.78 is 38.7. The number of carbonyl (C=O) groups is 1. The van der Waals surface area contributed by atoms with Gasteiger partial charge in [-0.15, -0.1) is 0 Å². The molecule has 0 spiro atoms. The number of hydrogen-bond donors (Lipinski definition) is 1. The number of esters is 1. The van der Waals surface area contributed by atoms with Gasteiger partial charge < -0.3 is 9.15 Å². The van der Waals surface area contributed by atoms with Gasteiger partial charge in [-0.25, -0.2) is 4.79 Å². The van der Waals surface area contributed by atoms with Crippen molar-refractivity contribution in [2.45, 2.75) is 12.8 Å². The molecule has 90 valence electrons. The molecule has 1 aromatic rings. The van der Waals surface area contributed by atoms with Crippen LogP contribution >= 0.6 is 0 Å². The first kappa shape index (κ1) is 12.7. The van der Waals surface area contributed by atoms with Gasteiger partial charge in [0, 0.05) is 0 Å². The highest BCUT2D eigenvalue weighted by molar-refractivity contribution is 7.85. The van der Waals surface area contributed by atoms with Crippen LogP contribution < -0.4 is 0 Å². The molecule has 0 fully saturated rings. The first-order valence-corrected chi connectivity index (χ1v) is 6.26. The Bertz CT molecular complexity index is 419. The van der Waals surface area contributed by atoms with Gasteiger partial charge in [0.1, 0.15) is 0 Å². The van der Waals surface area contributed by atoms with Crippen LogP contribution in [0.1, 0.15) is 23.4 Å². The van der Waals surface area contributed by atoms with Crippen molar-refractivity contribution in [3.63, 3.8) is 0 Å². The molecule has 6 nitrogen and oxygen atoms in total. The molecule has 1 N–H and O–H groups in total. The van der Waals surface area contributed by atoms with Crippen molar-refractivity contribution >= 4 is 16.1 Å². The molecule has 1 rings (SSSR count). The Morgan fingerprint density at radius 2 is 2.19 bits per heavy atom. The minimum absolute atomic E-state index is 0.0923. The molecule has 0 aliphatic heterocycles. The smallest absolute Gasteiger partial charge is 0.374 e. The van der Waals surface area contributed by atoms with Crippen molar-refractivity contribution in [1.29, 1.82) is 0 Å². The first-order chi connectivity index (χ1) is 7.49. The van der Waals surface area contributed by atoms with Crippen LogP contribution in [0.4, 0.5) is 0 Å². The van der Waals surface area contributed by atoms with E-state index in [9.17, 15) is 13.2 Å². The number of carbonyl (C=O) groups excluding carboxylic acids is 1. The maximum atomic E-state index is 11.2. The summed E-state index contributed by atoms with van der Waals surface area (Å²) in [6.45, 7) is 0.0923. The van der Waals surface area contributed by atoms with Crippen molar-refractivity contribution in [1.82, 2.24) is 0 Å². The second-order valence-corrected chi connectivity index (χ2v) is 4.68. The van der Waals surface area contributed by atoms with E-state index >= 15 is 0 Å². The van der Waals surface area contributed by atoms with Crippen LogP contribution in [0, 0.1) is 0 Å². The van der Waals surface area contributed by atoms with Crippen LogP contribution in [0.15, 0.2) is 22.8 Å². The van der Waals surface area contributed by atoms with E-state index in [4.69, 9.17) is 13.7 Å². The van der Waals surface area contributed by atoms with Gasteiger partial charge in [0.05, 0.1) is 18.6 Å². The Labute approximate surface area is 93.0 Å². The van der Waals surface area contributed by atoms with Gasteiger partial charge in [-0.1, -0.05) is 0 Å². The van der Waals surface area contributed by atoms with Crippen LogP contribution in [0.5, 0.6) is 0 Å². The van der Waals surface area contributed by atoms with E-state index in [1.54, 1.807) is 6.07 Å². The monoisotopic (exact) mass is 248 g/mol. The average Bonchev–Trinajstić information content (AvgIpc) is 2.67. The highest BCUT2D eigenvalue weighted by atomic mass is 32.2. The quantitative estimate of drug-likeness (QED) is 0.460. The molecule has 0 unspecified atom stereocenters. The van der Waals surface area contributed by atoms with Gasteiger partial charge in [0.2, 0.25) is 5.76 Å². The van der Waals surface area contributed by atoms with E-state index in [1.165, 1.54) is 12.3 Å². The van der Waals surface area contributed by atoms with Crippen LogP contribution in [-0.4, -0.2) is 31.3 Å². The molecule has 0 atom stereocenters. The third kappa shape index (κ3) is 4.94. The van der Waals surface area contributed by atoms with Gasteiger partial charge in [0.15, 0.2) is 0 Å². The molecule has 1 aromatic heterocycles. The van der Waals surface area contributed by atoms with Gasteiger partial charge in [-0.3, -0.25) is 4.55 Å². The minimum atomic E-state index is -3.93. The van der Waals surface area contributed by atoms with E-state index in [0.717, 1.165) is 0 Å². The highest BCUT2D eigenvalue weighted by Crippen LogP contribution is 2.03. The number of furan rings is 1. The maximum absolute atomic E-state index is 11.2. The molecule has 0 aromatic carbocycles. The molecule has 7 heteroatoms. The molecular weight excluding hydrogens is 236 g/mol. The lowest BCUT2D eigenvalue weighted by atomic mass is 10.3. The Morgan fingerprint density at radius 3 is 2.75 bits per heavy atom. The summed E-state index contributed by atoms with van der Waals surface area (Å²) in [6, 6.07) is 3.04. The third-order valence-electron chi connectivity index (χ3n) is 1.75. The summed E-state index contributed by atoms with van der Waals surface area (Å²) >= 11 is 0. The molecule has 0 aliphatic carbocycles. The van der Waals surface area contributed by atoms with Crippen LogP contribution in [0.2, 0.25) is 0 Å². The molecule has 0 amide bonds. The molecule has 0 radical (unpaired) electrons. The van der Waals surface area contributed by atoms with Gasteiger partial charge in [-0.05, 0) is 25.0 Å². The molecule has 0 saturated heterocycles. The van der Waals surface area contributed by atoms with Gasteiger partial charge in [0.25, 0.3) is 10.1 Å². The van der Waals surface area contributed by atoms with Crippen molar-refractivity contribution in [3.8, 4) is 0 Å². The zero-order valence-electron chi connectivity index (χ0n) is 8.46. The molecule has 0 bridgehead atoms. The summed E-state index contributed by atoms with van der Waals surface area (Å²) in [4.78, 5) is 11.2. The fourth-order valence-electron chi connectivity index (χ4n) is 1.02. The number of rotatable bonds is 6. The summed E-state index contributed by atoms with van der Waals surface area (Å²) in [5.41, 5.74) is 0. The van der Waals surface area contributed by atoms with Crippen LogP contribution in [0.3, 0.4) is 0 Å². The second kappa shape index (κ2) is 5.66. The molecule has 0 saturated carbocycles. The average molecular weight is 248 g/mol. The normalized spacial score (nSPS) is 11.3. The fourth-order valence-corrected chi connectivity index (χ4v) is 1.59. The van der Waals surface area contributed by atoms with Gasteiger partial charge in [-0.2, -0.15) is 8.42 Å². The molecular formula is C9H12O6S. The number of hydrogen-bond acceptors (Lipinski definition) is 5. The lowest BCUT2D eigenvalue weighted by Crippen LogP contribution is -2.08. The zero-order chi connectivity index (χ0) is 12.0. The Morgan fingerprint density at radius 1 is 1.44 bits per heavy atom. The summed E-state index contributed by atoms with van der Waals surface area (Å²) in [5, 5.41) is 0. The number of unbranched alkanes of at least 4 members (excludes halogenated alkanes) is 1. The molecule has 16 heavy (non-hydrogen) atoms. The summed E-state index contributed by atoms with van der Waals surface area (Å²) in [7, 11) is -3.93. The van der Waals surface area contributed by atoms with Crippen LogP contribution in [-0.2, 0) is 14.9 Å². The van der Waals surface area contributed by atoms with E-state index in [2.05, 4.69) is 0 Å². The Hall–Kier alpha value is -1.34. The topological polar surface area (TPSA) is 93.8 Å². The SMILES string of the molecule is O=C(OCCCCS(=O)(=O)O)c1ccco1. The number of ether oxygens (including phenoxy) is 1. The molecule has 0 aliphatic rings. The zero-order valence-corrected chi connectivity index (χ0v) is 9.27. The molecule has 1 heterocycles. The Balaban J connectivity index is 2.15. The van der Waals surface area contributed by atoms with Crippen LogP contribution in [0.25, 0.3) is 0 Å². The standard InChI is InChI=1S/C9H12O6S/c10-9(8-4-3-6-14-8)15-5-1-2-7-16(11,12)13/h3-4,6H,1-2,5,7H2,(H,11,12,13). The predicted octanol–water partition coefficient (Wildman–Crippen LogP) is 1.10. The lowest BCUT2D eigenvalue weighted by Gasteiger charge is -2.01. The summed E-state index contributed by atoms with van der Waals surface area (Å²) in [6.07, 6.45) is 1.96. The van der Waals surface area contributed by atoms with Crippen molar-refractivity contribution < 1.29 is 26.9 Å². The fraction of sp³-hybridized carbons (Fsp3) is 0.444. The third-order valence-corrected chi connectivity index (χ3v) is 2.56. The second-order valence-electron chi connectivity index (χ2n) is 3.11. The van der Waals surface area contributed by atoms with E-state index in [0.29, 0.717) is 6.42 Å².